The van der Waals surface area contributed by atoms with Gasteiger partial charge in [-0.15, -0.1) is 0 Å². The number of para-hydroxylation sites is 1. The third kappa shape index (κ3) is 2.34. The zero-order valence-electron chi connectivity index (χ0n) is 11.3. The minimum atomic E-state index is -0.406. The topological polar surface area (TPSA) is 51.5 Å². The highest BCUT2D eigenvalue weighted by atomic mass is 16.5. The molecular formula is C15H17NO3. The van der Waals surface area contributed by atoms with Gasteiger partial charge in [0.05, 0.1) is 7.11 Å². The van der Waals surface area contributed by atoms with Crippen LogP contribution in [0.3, 0.4) is 0 Å². The van der Waals surface area contributed by atoms with Gasteiger partial charge in [0.1, 0.15) is 11.4 Å². The number of methoxy groups -OCH3 is 1. The lowest BCUT2D eigenvalue weighted by atomic mass is 10.0. The molecule has 0 unspecified atom stereocenters. The second-order valence-electron chi connectivity index (χ2n) is 4.59. The molecule has 0 spiro atoms. The maximum Gasteiger partial charge on any atom is 0.355 e. The van der Waals surface area contributed by atoms with Crippen molar-refractivity contribution in [1.82, 2.24) is 4.57 Å². The molecule has 100 valence electrons. The maximum absolute atomic E-state index is 12.0. The predicted octanol–water partition coefficient (Wildman–Crippen LogP) is 3.23. The van der Waals surface area contributed by atoms with Gasteiger partial charge in [-0.2, -0.15) is 0 Å². The summed E-state index contributed by atoms with van der Waals surface area (Å²) in [4.78, 5) is 12.0. The average Bonchev–Trinajstić information content (AvgIpc) is 2.83. The number of hydrogen-bond acceptors (Lipinski definition) is 3. The molecule has 0 aliphatic carbocycles. The van der Waals surface area contributed by atoms with Gasteiger partial charge in [0.2, 0.25) is 0 Å². The summed E-state index contributed by atoms with van der Waals surface area (Å²) in [5.41, 5.74) is 1.76. The lowest BCUT2D eigenvalue weighted by Gasteiger charge is -2.13. The number of ether oxygens (including phenoxy) is 1. The summed E-state index contributed by atoms with van der Waals surface area (Å²) in [7, 11) is 1.36. The van der Waals surface area contributed by atoms with Crippen LogP contribution in [0, 0.1) is 0 Å². The van der Waals surface area contributed by atoms with Gasteiger partial charge in [-0.1, -0.05) is 18.2 Å². The number of phenolic OH excluding ortho intramolecular Hbond substituents is 1. The molecule has 1 N–H and O–H groups in total. The van der Waals surface area contributed by atoms with E-state index in [1.54, 1.807) is 18.2 Å². The normalized spacial score (nSPS) is 10.7. The monoisotopic (exact) mass is 259 g/mol. The summed E-state index contributed by atoms with van der Waals surface area (Å²) in [6.07, 6.45) is 1.83. The van der Waals surface area contributed by atoms with Crippen LogP contribution in [-0.2, 0) is 4.74 Å². The van der Waals surface area contributed by atoms with E-state index < -0.39 is 5.97 Å². The van der Waals surface area contributed by atoms with E-state index in [-0.39, 0.29) is 11.8 Å². The highest BCUT2D eigenvalue weighted by molar-refractivity contribution is 5.96. The molecule has 1 heterocycles. The molecule has 0 saturated carbocycles. The fraction of sp³-hybridized carbons (Fsp3) is 0.267. The van der Waals surface area contributed by atoms with Gasteiger partial charge >= 0.3 is 5.97 Å². The average molecular weight is 259 g/mol. The quantitative estimate of drug-likeness (QED) is 0.861. The SMILES string of the molecule is COC(=O)c1c(-c2ccccc2O)ccn1C(C)C. The van der Waals surface area contributed by atoms with E-state index >= 15 is 0 Å². The van der Waals surface area contributed by atoms with Gasteiger partial charge in [0, 0.05) is 23.4 Å². The molecule has 0 atom stereocenters. The van der Waals surface area contributed by atoms with Crippen molar-refractivity contribution in [1.29, 1.82) is 0 Å². The lowest BCUT2D eigenvalue weighted by Crippen LogP contribution is -2.12. The molecule has 4 heteroatoms. The summed E-state index contributed by atoms with van der Waals surface area (Å²) < 4.78 is 6.69. The van der Waals surface area contributed by atoms with Crippen LogP contribution in [-0.4, -0.2) is 22.8 Å². The Morgan fingerprint density at radius 1 is 1.21 bits per heavy atom. The van der Waals surface area contributed by atoms with E-state index in [9.17, 15) is 9.90 Å². The minimum Gasteiger partial charge on any atom is -0.507 e. The Kier molecular flexibility index (Phi) is 3.60. The second-order valence-corrected chi connectivity index (χ2v) is 4.59. The van der Waals surface area contributed by atoms with Crippen molar-refractivity contribution in [3.05, 3.63) is 42.2 Å². The van der Waals surface area contributed by atoms with Crippen molar-refractivity contribution in [3.63, 3.8) is 0 Å². The third-order valence-electron chi connectivity index (χ3n) is 3.04. The van der Waals surface area contributed by atoms with E-state index in [1.807, 2.05) is 36.7 Å². The van der Waals surface area contributed by atoms with Crippen molar-refractivity contribution < 1.29 is 14.6 Å². The Bertz CT molecular complexity index is 599. The molecule has 0 amide bonds. The van der Waals surface area contributed by atoms with Crippen LogP contribution in [0.4, 0.5) is 0 Å². The molecule has 1 aromatic heterocycles. The van der Waals surface area contributed by atoms with E-state index in [0.717, 1.165) is 0 Å². The van der Waals surface area contributed by atoms with Gasteiger partial charge in [0.25, 0.3) is 0 Å². The largest absolute Gasteiger partial charge is 0.507 e. The first-order chi connectivity index (χ1) is 9.06. The number of carbonyl (C=O) groups is 1. The molecule has 0 saturated heterocycles. The van der Waals surface area contributed by atoms with E-state index in [0.29, 0.717) is 16.8 Å². The zero-order valence-corrected chi connectivity index (χ0v) is 11.3. The number of carbonyl (C=O) groups excluding carboxylic acids is 1. The van der Waals surface area contributed by atoms with Crippen molar-refractivity contribution >= 4 is 5.97 Å². The molecule has 2 aromatic rings. The third-order valence-corrected chi connectivity index (χ3v) is 3.04. The molecule has 4 nitrogen and oxygen atoms in total. The van der Waals surface area contributed by atoms with Crippen LogP contribution < -0.4 is 0 Å². The summed E-state index contributed by atoms with van der Waals surface area (Å²) in [6, 6.07) is 8.90. The molecule has 0 aliphatic rings. The van der Waals surface area contributed by atoms with E-state index in [2.05, 4.69) is 0 Å². The number of aromatic hydroxyl groups is 1. The van der Waals surface area contributed by atoms with Crippen LogP contribution in [0.1, 0.15) is 30.4 Å². The van der Waals surface area contributed by atoms with Gasteiger partial charge in [-0.3, -0.25) is 0 Å². The standard InChI is InChI=1S/C15H17NO3/c1-10(2)16-9-8-12(14(16)15(18)19-3)11-6-4-5-7-13(11)17/h4-10,17H,1-3H3. The van der Waals surface area contributed by atoms with Crippen molar-refractivity contribution in [2.45, 2.75) is 19.9 Å². The maximum atomic E-state index is 12.0. The molecule has 0 fully saturated rings. The highest BCUT2D eigenvalue weighted by Gasteiger charge is 2.21. The lowest BCUT2D eigenvalue weighted by molar-refractivity contribution is 0.0587. The Labute approximate surface area is 112 Å². The Hall–Kier alpha value is -2.23. The molecule has 0 radical (unpaired) electrons. The number of aromatic nitrogens is 1. The fourth-order valence-corrected chi connectivity index (χ4v) is 2.11. The predicted molar refractivity (Wildman–Crippen MR) is 73.3 cm³/mol. The van der Waals surface area contributed by atoms with Crippen LogP contribution in [0.5, 0.6) is 5.75 Å². The number of rotatable bonds is 3. The fourth-order valence-electron chi connectivity index (χ4n) is 2.11. The van der Waals surface area contributed by atoms with E-state index in [1.165, 1.54) is 7.11 Å². The summed E-state index contributed by atoms with van der Waals surface area (Å²) in [6.45, 7) is 3.97. The van der Waals surface area contributed by atoms with Crippen molar-refractivity contribution in [2.24, 2.45) is 0 Å². The first-order valence-corrected chi connectivity index (χ1v) is 6.13. The number of benzene rings is 1. The van der Waals surface area contributed by atoms with Gasteiger partial charge in [-0.05, 0) is 26.0 Å². The summed E-state index contributed by atoms with van der Waals surface area (Å²) in [5, 5.41) is 9.93. The molecule has 0 aliphatic heterocycles. The summed E-state index contributed by atoms with van der Waals surface area (Å²) >= 11 is 0. The van der Waals surface area contributed by atoms with Gasteiger partial charge in [0.15, 0.2) is 0 Å². The first-order valence-electron chi connectivity index (χ1n) is 6.13. The molecule has 1 aromatic carbocycles. The minimum absolute atomic E-state index is 0.133. The number of phenols is 1. The van der Waals surface area contributed by atoms with Crippen LogP contribution >= 0.6 is 0 Å². The van der Waals surface area contributed by atoms with Gasteiger partial charge in [-0.25, -0.2) is 4.79 Å². The smallest absolute Gasteiger partial charge is 0.355 e. The summed E-state index contributed by atoms with van der Waals surface area (Å²) in [5.74, 6) is -0.258. The first kappa shape index (κ1) is 13.2. The Balaban J connectivity index is 2.65. The molecule has 19 heavy (non-hydrogen) atoms. The Morgan fingerprint density at radius 2 is 1.89 bits per heavy atom. The number of hydrogen-bond donors (Lipinski definition) is 1. The highest BCUT2D eigenvalue weighted by Crippen LogP contribution is 2.33. The van der Waals surface area contributed by atoms with Crippen LogP contribution in [0.25, 0.3) is 11.1 Å². The van der Waals surface area contributed by atoms with Crippen molar-refractivity contribution in [2.75, 3.05) is 7.11 Å². The molecule has 2 rings (SSSR count). The molecular weight excluding hydrogens is 242 g/mol. The zero-order chi connectivity index (χ0) is 14.0. The van der Waals surface area contributed by atoms with Crippen LogP contribution in [0.15, 0.2) is 36.5 Å². The Morgan fingerprint density at radius 3 is 2.47 bits per heavy atom. The second kappa shape index (κ2) is 5.18. The number of esters is 1. The van der Waals surface area contributed by atoms with Crippen LogP contribution in [0.2, 0.25) is 0 Å². The molecule has 0 bridgehead atoms. The van der Waals surface area contributed by atoms with Gasteiger partial charge < -0.3 is 14.4 Å². The van der Waals surface area contributed by atoms with Crippen molar-refractivity contribution in [3.8, 4) is 16.9 Å². The van der Waals surface area contributed by atoms with E-state index in [4.69, 9.17) is 4.74 Å². The number of nitrogens with zero attached hydrogens (tertiary/aromatic N) is 1.